The van der Waals surface area contributed by atoms with E-state index in [0.717, 1.165) is 4.47 Å². The summed E-state index contributed by atoms with van der Waals surface area (Å²) in [7, 11) is 0. The molecule has 1 N–H and O–H groups in total. The van der Waals surface area contributed by atoms with Crippen molar-refractivity contribution in [3.63, 3.8) is 0 Å². The molecule has 1 unspecified atom stereocenters. The molecule has 0 bridgehead atoms. The third-order valence-electron chi connectivity index (χ3n) is 2.49. The van der Waals surface area contributed by atoms with Crippen LogP contribution in [-0.2, 0) is 0 Å². The number of rotatable bonds is 3. The largest absolute Gasteiger partial charge is 0.467 e. The van der Waals surface area contributed by atoms with E-state index in [4.69, 9.17) is 16.0 Å². The summed E-state index contributed by atoms with van der Waals surface area (Å²) in [6.07, 6.45) is 1.57. The second-order valence-electron chi connectivity index (χ2n) is 3.83. The van der Waals surface area contributed by atoms with Gasteiger partial charge in [-0.15, -0.1) is 0 Å². The van der Waals surface area contributed by atoms with E-state index < -0.39 is 0 Å². The van der Waals surface area contributed by atoms with Crippen molar-refractivity contribution < 1.29 is 9.21 Å². The molecule has 0 aliphatic rings. The van der Waals surface area contributed by atoms with Crippen molar-refractivity contribution in [1.29, 1.82) is 0 Å². The van der Waals surface area contributed by atoms with Gasteiger partial charge in [-0.3, -0.25) is 4.79 Å². The highest BCUT2D eigenvalue weighted by Crippen LogP contribution is 2.22. The molecule has 2 aromatic rings. The molecule has 3 nitrogen and oxygen atoms in total. The summed E-state index contributed by atoms with van der Waals surface area (Å²) in [4.78, 5) is 12.1. The zero-order chi connectivity index (χ0) is 13.1. The first kappa shape index (κ1) is 13.2. The van der Waals surface area contributed by atoms with E-state index in [0.29, 0.717) is 16.3 Å². The highest BCUT2D eigenvalue weighted by molar-refractivity contribution is 9.10. The summed E-state index contributed by atoms with van der Waals surface area (Å²) in [5, 5.41) is 3.25. The number of hydrogen-bond acceptors (Lipinski definition) is 2. The average Bonchev–Trinajstić information content (AvgIpc) is 2.85. The van der Waals surface area contributed by atoms with Crippen LogP contribution in [0.25, 0.3) is 0 Å². The van der Waals surface area contributed by atoms with Crippen LogP contribution in [0.1, 0.15) is 29.1 Å². The molecule has 0 fully saturated rings. The van der Waals surface area contributed by atoms with Gasteiger partial charge in [0.1, 0.15) is 5.76 Å². The highest BCUT2D eigenvalue weighted by Gasteiger charge is 2.15. The molecule has 0 aliphatic heterocycles. The Bertz CT molecular complexity index is 554. The molecule has 1 heterocycles. The minimum Gasteiger partial charge on any atom is -0.467 e. The van der Waals surface area contributed by atoms with E-state index in [9.17, 15) is 4.79 Å². The number of nitrogens with one attached hydrogen (secondary N) is 1. The third kappa shape index (κ3) is 2.94. The second-order valence-corrected chi connectivity index (χ2v) is 5.16. The van der Waals surface area contributed by atoms with Gasteiger partial charge in [-0.1, -0.05) is 27.5 Å². The zero-order valence-corrected chi connectivity index (χ0v) is 12.0. The Hall–Kier alpha value is -1.26. The lowest BCUT2D eigenvalue weighted by molar-refractivity contribution is 0.0935. The molecule has 0 aliphatic carbocycles. The Morgan fingerprint density at radius 3 is 2.89 bits per heavy atom. The maximum Gasteiger partial charge on any atom is 0.253 e. The van der Waals surface area contributed by atoms with E-state index >= 15 is 0 Å². The summed E-state index contributed by atoms with van der Waals surface area (Å²) in [5.41, 5.74) is 0.435. The molecule has 0 spiro atoms. The summed E-state index contributed by atoms with van der Waals surface area (Å²) in [6.45, 7) is 1.85. The van der Waals surface area contributed by atoms with Gasteiger partial charge in [0.25, 0.3) is 5.91 Å². The lowest BCUT2D eigenvalue weighted by Gasteiger charge is -2.12. The molecule has 94 valence electrons. The molecular weight excluding hydrogens is 318 g/mol. The van der Waals surface area contributed by atoms with E-state index in [-0.39, 0.29) is 11.9 Å². The number of halogens is 2. The summed E-state index contributed by atoms with van der Waals surface area (Å²) >= 11 is 9.31. The normalized spacial score (nSPS) is 12.2. The van der Waals surface area contributed by atoms with Gasteiger partial charge in [0.2, 0.25) is 0 Å². The number of carbonyl (C=O) groups is 1. The van der Waals surface area contributed by atoms with Crippen molar-refractivity contribution in [2.45, 2.75) is 13.0 Å². The molecule has 0 saturated heterocycles. The Morgan fingerprint density at radius 2 is 2.22 bits per heavy atom. The number of benzene rings is 1. The van der Waals surface area contributed by atoms with E-state index in [2.05, 4.69) is 21.2 Å². The van der Waals surface area contributed by atoms with Crippen molar-refractivity contribution in [1.82, 2.24) is 5.32 Å². The van der Waals surface area contributed by atoms with Crippen LogP contribution in [0.4, 0.5) is 0 Å². The van der Waals surface area contributed by atoms with Crippen LogP contribution in [-0.4, -0.2) is 5.91 Å². The van der Waals surface area contributed by atoms with Crippen LogP contribution in [0.3, 0.4) is 0 Å². The Labute approximate surface area is 118 Å². The summed E-state index contributed by atoms with van der Waals surface area (Å²) in [5.74, 6) is 0.472. The van der Waals surface area contributed by atoms with E-state index in [1.807, 2.05) is 13.0 Å². The lowest BCUT2D eigenvalue weighted by atomic mass is 10.2. The minimum absolute atomic E-state index is 0.206. The maximum absolute atomic E-state index is 12.1. The molecule has 5 heteroatoms. The Morgan fingerprint density at radius 1 is 1.44 bits per heavy atom. The van der Waals surface area contributed by atoms with Crippen LogP contribution < -0.4 is 5.32 Å². The van der Waals surface area contributed by atoms with Gasteiger partial charge in [0.15, 0.2) is 0 Å². The van der Waals surface area contributed by atoms with Gasteiger partial charge in [-0.25, -0.2) is 0 Å². The predicted octanol–water partition coefficient (Wildman–Crippen LogP) is 4.19. The fourth-order valence-corrected chi connectivity index (χ4v) is 2.12. The topological polar surface area (TPSA) is 42.2 Å². The van der Waals surface area contributed by atoms with Crippen molar-refractivity contribution >= 4 is 33.4 Å². The third-order valence-corrected chi connectivity index (χ3v) is 3.31. The van der Waals surface area contributed by atoms with Gasteiger partial charge in [-0.2, -0.15) is 0 Å². The Kier molecular flexibility index (Phi) is 4.09. The molecule has 1 aromatic heterocycles. The maximum atomic E-state index is 12.1. The first-order valence-corrected chi connectivity index (χ1v) is 6.54. The lowest BCUT2D eigenvalue weighted by Crippen LogP contribution is -2.26. The molecule has 1 aromatic carbocycles. The standard InChI is InChI=1S/C13H11BrClNO2/c1-8(12-3-2-6-18-12)16-13(17)10-7-9(14)4-5-11(10)15/h2-8H,1H3,(H,16,17). The highest BCUT2D eigenvalue weighted by atomic mass is 79.9. The van der Waals surface area contributed by atoms with Gasteiger partial charge < -0.3 is 9.73 Å². The van der Waals surface area contributed by atoms with Gasteiger partial charge in [-0.05, 0) is 37.3 Å². The summed E-state index contributed by atoms with van der Waals surface area (Å²) in [6, 6.07) is 8.54. The Balaban J connectivity index is 2.15. The SMILES string of the molecule is CC(NC(=O)c1cc(Br)ccc1Cl)c1ccco1. The smallest absolute Gasteiger partial charge is 0.253 e. The predicted molar refractivity (Wildman–Crippen MR) is 73.7 cm³/mol. The fourth-order valence-electron chi connectivity index (χ4n) is 1.55. The molecule has 2 rings (SSSR count). The molecular formula is C13H11BrClNO2. The molecule has 0 radical (unpaired) electrons. The first-order chi connectivity index (χ1) is 8.58. The van der Waals surface area contributed by atoms with Crippen molar-refractivity contribution in [3.8, 4) is 0 Å². The number of hydrogen-bond donors (Lipinski definition) is 1. The fraction of sp³-hybridized carbons (Fsp3) is 0.154. The molecule has 1 amide bonds. The average molecular weight is 329 g/mol. The van der Waals surface area contributed by atoms with Crippen LogP contribution in [0, 0.1) is 0 Å². The van der Waals surface area contributed by atoms with Gasteiger partial charge >= 0.3 is 0 Å². The van der Waals surface area contributed by atoms with Crippen LogP contribution in [0.2, 0.25) is 5.02 Å². The van der Waals surface area contributed by atoms with Crippen LogP contribution in [0.15, 0.2) is 45.5 Å². The number of furan rings is 1. The summed E-state index contributed by atoms with van der Waals surface area (Å²) < 4.78 is 6.04. The second kappa shape index (κ2) is 5.59. The molecule has 1 atom stereocenters. The van der Waals surface area contributed by atoms with Crippen molar-refractivity contribution in [2.75, 3.05) is 0 Å². The van der Waals surface area contributed by atoms with Crippen LogP contribution >= 0.6 is 27.5 Å². The van der Waals surface area contributed by atoms with Gasteiger partial charge in [0.05, 0.1) is 22.9 Å². The van der Waals surface area contributed by atoms with Crippen molar-refractivity contribution in [2.24, 2.45) is 0 Å². The number of amides is 1. The number of carbonyl (C=O) groups excluding carboxylic acids is 1. The van der Waals surface area contributed by atoms with Crippen LogP contribution in [0.5, 0.6) is 0 Å². The van der Waals surface area contributed by atoms with Crippen molar-refractivity contribution in [3.05, 3.63) is 57.4 Å². The van der Waals surface area contributed by atoms with E-state index in [1.54, 1.807) is 30.5 Å². The molecule has 0 saturated carbocycles. The zero-order valence-electron chi connectivity index (χ0n) is 9.61. The molecule has 18 heavy (non-hydrogen) atoms. The van der Waals surface area contributed by atoms with E-state index in [1.165, 1.54) is 0 Å². The first-order valence-electron chi connectivity index (χ1n) is 5.37. The monoisotopic (exact) mass is 327 g/mol. The van der Waals surface area contributed by atoms with Gasteiger partial charge in [0, 0.05) is 4.47 Å². The quantitative estimate of drug-likeness (QED) is 0.918. The minimum atomic E-state index is -0.231.